The summed E-state index contributed by atoms with van der Waals surface area (Å²) in [6, 6.07) is 6.26. The van der Waals surface area contributed by atoms with Gasteiger partial charge in [0.05, 0.1) is 17.5 Å². The smallest absolute Gasteiger partial charge is 0.153 e. The van der Waals surface area contributed by atoms with E-state index in [1.165, 1.54) is 12.1 Å². The zero-order valence-electron chi connectivity index (χ0n) is 10.2. The average molecular weight is 257 g/mol. The Morgan fingerprint density at radius 1 is 1.26 bits per heavy atom. The third kappa shape index (κ3) is 1.87. The average Bonchev–Trinajstić information content (AvgIpc) is 2.95. The molecule has 19 heavy (non-hydrogen) atoms. The van der Waals surface area contributed by atoms with Crippen molar-refractivity contribution in [3.63, 3.8) is 0 Å². The quantitative estimate of drug-likeness (QED) is 0.659. The summed E-state index contributed by atoms with van der Waals surface area (Å²) in [6.45, 7) is 1.90. The van der Waals surface area contributed by atoms with E-state index in [0.29, 0.717) is 16.9 Å². The standard InChI is InChI=1S/C13H12FN5/c1-7-10(6-16-17-7)12-11(13(15)19-18-12)8-3-2-4-9(14)5-8/h2-6H,1H3,(H,16,17)(H3,15,18,19). The fourth-order valence-electron chi connectivity index (χ4n) is 2.09. The summed E-state index contributed by atoms with van der Waals surface area (Å²) in [4.78, 5) is 0. The van der Waals surface area contributed by atoms with Crippen LogP contribution in [-0.4, -0.2) is 20.4 Å². The number of nitrogen functional groups attached to an aromatic ring is 1. The van der Waals surface area contributed by atoms with E-state index in [9.17, 15) is 4.39 Å². The molecule has 5 nitrogen and oxygen atoms in total. The van der Waals surface area contributed by atoms with Gasteiger partial charge in [0.2, 0.25) is 0 Å². The molecule has 0 atom stereocenters. The van der Waals surface area contributed by atoms with Crippen LogP contribution in [-0.2, 0) is 0 Å². The third-order valence-corrected chi connectivity index (χ3v) is 3.01. The molecule has 1 aromatic carbocycles. The number of hydrogen-bond donors (Lipinski definition) is 3. The number of nitrogens with zero attached hydrogens (tertiary/aromatic N) is 2. The predicted molar refractivity (Wildman–Crippen MR) is 70.7 cm³/mol. The highest BCUT2D eigenvalue weighted by molar-refractivity contribution is 5.88. The highest BCUT2D eigenvalue weighted by Crippen LogP contribution is 2.35. The molecule has 0 amide bonds. The fourth-order valence-corrected chi connectivity index (χ4v) is 2.09. The SMILES string of the molecule is Cc1[nH]ncc1-c1[nH]nc(N)c1-c1cccc(F)c1. The Labute approximate surface area is 108 Å². The van der Waals surface area contributed by atoms with Gasteiger partial charge in [-0.25, -0.2) is 4.39 Å². The van der Waals surface area contributed by atoms with E-state index >= 15 is 0 Å². The van der Waals surface area contributed by atoms with Gasteiger partial charge in [0.15, 0.2) is 5.82 Å². The first kappa shape index (κ1) is 11.5. The van der Waals surface area contributed by atoms with Crippen LogP contribution < -0.4 is 5.73 Å². The summed E-state index contributed by atoms with van der Waals surface area (Å²) in [5, 5.41) is 13.7. The van der Waals surface area contributed by atoms with Crippen molar-refractivity contribution in [3.05, 3.63) is 42.0 Å². The normalized spacial score (nSPS) is 10.8. The van der Waals surface area contributed by atoms with Crippen LogP contribution in [0.15, 0.2) is 30.5 Å². The Bertz CT molecular complexity index is 728. The molecule has 0 unspecified atom stereocenters. The zero-order chi connectivity index (χ0) is 13.4. The minimum Gasteiger partial charge on any atom is -0.382 e. The minimum absolute atomic E-state index is 0.312. The van der Waals surface area contributed by atoms with Crippen molar-refractivity contribution in [1.29, 1.82) is 0 Å². The largest absolute Gasteiger partial charge is 0.382 e. The van der Waals surface area contributed by atoms with Crippen molar-refractivity contribution < 1.29 is 4.39 Å². The third-order valence-electron chi connectivity index (χ3n) is 3.01. The number of halogens is 1. The van der Waals surface area contributed by atoms with Crippen LogP contribution in [0.2, 0.25) is 0 Å². The molecular formula is C13H12FN5. The number of aromatic nitrogens is 4. The molecule has 4 N–H and O–H groups in total. The molecule has 0 saturated carbocycles. The maximum absolute atomic E-state index is 13.4. The molecule has 2 heterocycles. The number of aryl methyl sites for hydroxylation is 1. The molecule has 0 aliphatic carbocycles. The van der Waals surface area contributed by atoms with E-state index in [4.69, 9.17) is 5.73 Å². The van der Waals surface area contributed by atoms with Crippen LogP contribution in [0.1, 0.15) is 5.69 Å². The lowest BCUT2D eigenvalue weighted by atomic mass is 10.0. The van der Waals surface area contributed by atoms with Gasteiger partial charge in [0.25, 0.3) is 0 Å². The topological polar surface area (TPSA) is 83.4 Å². The molecule has 0 spiro atoms. The minimum atomic E-state index is -0.312. The molecule has 3 aromatic rings. The van der Waals surface area contributed by atoms with E-state index in [-0.39, 0.29) is 5.82 Å². The lowest BCUT2D eigenvalue weighted by Gasteiger charge is -2.04. The van der Waals surface area contributed by atoms with Gasteiger partial charge in [-0.3, -0.25) is 10.2 Å². The second kappa shape index (κ2) is 4.24. The molecule has 0 fully saturated rings. The van der Waals surface area contributed by atoms with Crippen LogP contribution in [0, 0.1) is 12.7 Å². The zero-order valence-corrected chi connectivity index (χ0v) is 10.2. The summed E-state index contributed by atoms with van der Waals surface area (Å²) in [7, 11) is 0. The first-order valence-electron chi connectivity index (χ1n) is 5.77. The molecule has 3 rings (SSSR count). The van der Waals surface area contributed by atoms with Gasteiger partial charge < -0.3 is 5.73 Å². The number of hydrogen-bond acceptors (Lipinski definition) is 3. The van der Waals surface area contributed by atoms with Crippen molar-refractivity contribution in [3.8, 4) is 22.4 Å². The molecule has 0 aliphatic heterocycles. The summed E-state index contributed by atoms with van der Waals surface area (Å²) in [5.74, 6) is 0.0224. The molecule has 96 valence electrons. The van der Waals surface area contributed by atoms with Gasteiger partial charge in [-0.15, -0.1) is 0 Å². The van der Waals surface area contributed by atoms with Crippen molar-refractivity contribution >= 4 is 5.82 Å². The number of nitrogens with two attached hydrogens (primary N) is 1. The van der Waals surface area contributed by atoms with Crippen LogP contribution in [0.4, 0.5) is 10.2 Å². The number of rotatable bonds is 2. The van der Waals surface area contributed by atoms with Gasteiger partial charge in [0, 0.05) is 11.3 Å². The number of anilines is 1. The molecule has 2 aromatic heterocycles. The van der Waals surface area contributed by atoms with Gasteiger partial charge in [-0.05, 0) is 24.6 Å². The van der Waals surface area contributed by atoms with Gasteiger partial charge in [0.1, 0.15) is 5.82 Å². The number of aromatic amines is 2. The van der Waals surface area contributed by atoms with E-state index in [2.05, 4.69) is 20.4 Å². The van der Waals surface area contributed by atoms with E-state index in [1.54, 1.807) is 18.3 Å². The Morgan fingerprint density at radius 3 is 2.79 bits per heavy atom. The maximum Gasteiger partial charge on any atom is 0.153 e. The number of H-pyrrole nitrogens is 2. The predicted octanol–water partition coefficient (Wildman–Crippen LogP) is 2.50. The summed E-state index contributed by atoms with van der Waals surface area (Å²) in [5.41, 5.74) is 9.74. The van der Waals surface area contributed by atoms with Crippen molar-refractivity contribution in [2.75, 3.05) is 5.73 Å². The van der Waals surface area contributed by atoms with Gasteiger partial charge in [-0.1, -0.05) is 12.1 Å². The lowest BCUT2D eigenvalue weighted by molar-refractivity contribution is 0.628. The van der Waals surface area contributed by atoms with E-state index in [0.717, 1.165) is 17.0 Å². The van der Waals surface area contributed by atoms with Crippen molar-refractivity contribution in [2.24, 2.45) is 0 Å². The summed E-state index contributed by atoms with van der Waals surface area (Å²) < 4.78 is 13.4. The Balaban J connectivity index is 2.22. The Kier molecular flexibility index (Phi) is 2.56. The fraction of sp³-hybridized carbons (Fsp3) is 0.0769. The molecule has 0 radical (unpaired) electrons. The van der Waals surface area contributed by atoms with Crippen LogP contribution >= 0.6 is 0 Å². The highest BCUT2D eigenvalue weighted by Gasteiger charge is 2.17. The van der Waals surface area contributed by atoms with Gasteiger partial charge >= 0.3 is 0 Å². The molecule has 0 aliphatic rings. The Hall–Kier alpha value is -2.63. The second-order valence-electron chi connectivity index (χ2n) is 4.28. The number of benzene rings is 1. The molecule has 0 bridgehead atoms. The van der Waals surface area contributed by atoms with Crippen molar-refractivity contribution in [1.82, 2.24) is 20.4 Å². The highest BCUT2D eigenvalue weighted by atomic mass is 19.1. The monoisotopic (exact) mass is 257 g/mol. The first-order chi connectivity index (χ1) is 9.16. The first-order valence-corrected chi connectivity index (χ1v) is 5.77. The summed E-state index contributed by atoms with van der Waals surface area (Å²) >= 11 is 0. The molecule has 6 heteroatoms. The van der Waals surface area contributed by atoms with Crippen LogP contribution in [0.25, 0.3) is 22.4 Å². The summed E-state index contributed by atoms with van der Waals surface area (Å²) in [6.07, 6.45) is 1.69. The molecular weight excluding hydrogens is 245 g/mol. The second-order valence-corrected chi connectivity index (χ2v) is 4.28. The van der Waals surface area contributed by atoms with Crippen LogP contribution in [0.5, 0.6) is 0 Å². The van der Waals surface area contributed by atoms with Gasteiger partial charge in [-0.2, -0.15) is 10.2 Å². The molecule has 0 saturated heterocycles. The van der Waals surface area contributed by atoms with Crippen LogP contribution in [0.3, 0.4) is 0 Å². The Morgan fingerprint density at radius 2 is 2.11 bits per heavy atom. The lowest BCUT2D eigenvalue weighted by Crippen LogP contribution is -1.89. The maximum atomic E-state index is 13.4. The van der Waals surface area contributed by atoms with Crippen molar-refractivity contribution in [2.45, 2.75) is 6.92 Å². The van der Waals surface area contributed by atoms with E-state index < -0.39 is 0 Å². The number of nitrogens with one attached hydrogen (secondary N) is 2. The van der Waals surface area contributed by atoms with E-state index in [1.807, 2.05) is 6.92 Å².